The number of fused-ring (bicyclic) bond motifs is 1. The zero-order valence-electron chi connectivity index (χ0n) is 14.5. The molecule has 3 heterocycles. The Labute approximate surface area is 137 Å². The molecule has 1 aromatic rings. The van der Waals surface area contributed by atoms with Gasteiger partial charge in [-0.2, -0.15) is 5.10 Å². The molecule has 3 N–H and O–H groups in total. The first-order valence-corrected chi connectivity index (χ1v) is 8.76. The van der Waals surface area contributed by atoms with E-state index in [1.807, 2.05) is 4.68 Å². The Morgan fingerprint density at radius 3 is 2.91 bits per heavy atom. The molecule has 0 aromatic carbocycles. The number of rotatable bonds is 4. The molecule has 23 heavy (non-hydrogen) atoms. The average molecular weight is 320 g/mol. The molecule has 7 heteroatoms. The van der Waals surface area contributed by atoms with Crippen LogP contribution in [0.1, 0.15) is 58.2 Å². The number of carbonyl (C=O) groups is 1. The van der Waals surface area contributed by atoms with Crippen LogP contribution in [0.15, 0.2) is 0 Å². The lowest BCUT2D eigenvalue weighted by Gasteiger charge is -2.28. The molecule has 4 unspecified atom stereocenters. The first-order chi connectivity index (χ1) is 11.0. The zero-order chi connectivity index (χ0) is 16.6. The molecule has 7 nitrogen and oxygen atoms in total. The Balaban J connectivity index is 1.75. The van der Waals surface area contributed by atoms with Gasteiger partial charge >= 0.3 is 0 Å². The molecule has 3 rings (SSSR count). The van der Waals surface area contributed by atoms with Crippen molar-refractivity contribution < 1.29 is 4.79 Å². The summed E-state index contributed by atoms with van der Waals surface area (Å²) < 4.78 is 1.96. The summed E-state index contributed by atoms with van der Waals surface area (Å²) in [6.45, 7) is 9.29. The van der Waals surface area contributed by atoms with E-state index in [0.29, 0.717) is 5.92 Å². The number of aryl methyl sites for hydroxylation is 2. The minimum atomic E-state index is -0.0704. The van der Waals surface area contributed by atoms with E-state index in [2.05, 4.69) is 53.9 Å². The van der Waals surface area contributed by atoms with E-state index in [9.17, 15) is 4.79 Å². The molecule has 2 aliphatic rings. The van der Waals surface area contributed by atoms with Gasteiger partial charge in [0.15, 0.2) is 5.82 Å². The lowest BCUT2D eigenvalue weighted by molar-refractivity contribution is -0.127. The van der Waals surface area contributed by atoms with E-state index in [-0.39, 0.29) is 30.0 Å². The van der Waals surface area contributed by atoms with Crippen molar-refractivity contribution >= 4 is 5.91 Å². The maximum absolute atomic E-state index is 12.9. The molecule has 4 atom stereocenters. The number of amides is 1. The lowest BCUT2D eigenvalue weighted by atomic mass is 9.87. The van der Waals surface area contributed by atoms with E-state index in [1.54, 1.807) is 0 Å². The third kappa shape index (κ3) is 3.12. The molecule has 0 radical (unpaired) electrons. The molecule has 1 amide bonds. The quantitative estimate of drug-likeness (QED) is 0.768. The summed E-state index contributed by atoms with van der Waals surface area (Å²) in [5.41, 5.74) is 6.47. The summed E-state index contributed by atoms with van der Waals surface area (Å²) in [5.74, 6) is 2.20. The van der Waals surface area contributed by atoms with Crippen LogP contribution in [0, 0.1) is 11.8 Å². The van der Waals surface area contributed by atoms with Crippen molar-refractivity contribution in [1.82, 2.24) is 30.9 Å². The molecule has 0 aliphatic carbocycles. The highest BCUT2D eigenvalue weighted by atomic mass is 16.2. The molecule has 1 aromatic heterocycles. The number of hydrazine groups is 1. The lowest BCUT2D eigenvalue weighted by Crippen LogP contribution is -2.45. The summed E-state index contributed by atoms with van der Waals surface area (Å²) in [4.78, 5) is 17.5. The van der Waals surface area contributed by atoms with Crippen LogP contribution in [0.2, 0.25) is 0 Å². The summed E-state index contributed by atoms with van der Waals surface area (Å²) in [7, 11) is 0. The molecule has 0 saturated carbocycles. The molecule has 2 aliphatic heterocycles. The summed E-state index contributed by atoms with van der Waals surface area (Å²) >= 11 is 0. The number of hydrogen-bond donors (Lipinski definition) is 3. The number of nitrogens with one attached hydrogen (secondary N) is 3. The van der Waals surface area contributed by atoms with Crippen LogP contribution in [0.3, 0.4) is 0 Å². The fourth-order valence-electron chi connectivity index (χ4n) is 3.64. The average Bonchev–Trinajstić information content (AvgIpc) is 3.10. The van der Waals surface area contributed by atoms with Crippen molar-refractivity contribution in [2.75, 3.05) is 0 Å². The van der Waals surface area contributed by atoms with E-state index in [0.717, 1.165) is 37.5 Å². The van der Waals surface area contributed by atoms with Gasteiger partial charge in [-0.1, -0.05) is 20.8 Å². The topological polar surface area (TPSA) is 83.9 Å². The number of carbonyl (C=O) groups excluding carboxylic acids is 1. The van der Waals surface area contributed by atoms with Crippen molar-refractivity contribution in [3.63, 3.8) is 0 Å². The van der Waals surface area contributed by atoms with E-state index in [1.165, 1.54) is 0 Å². The van der Waals surface area contributed by atoms with Crippen LogP contribution in [0.4, 0.5) is 0 Å². The fourth-order valence-corrected chi connectivity index (χ4v) is 3.64. The highest BCUT2D eigenvalue weighted by Crippen LogP contribution is 2.26. The Morgan fingerprint density at radius 2 is 2.22 bits per heavy atom. The Bertz CT molecular complexity index is 569. The van der Waals surface area contributed by atoms with Crippen LogP contribution in [-0.2, 0) is 17.8 Å². The predicted molar refractivity (Wildman–Crippen MR) is 87.4 cm³/mol. The largest absolute Gasteiger partial charge is 0.346 e. The molecule has 1 saturated heterocycles. The third-order valence-corrected chi connectivity index (χ3v) is 4.98. The van der Waals surface area contributed by atoms with Gasteiger partial charge in [0.1, 0.15) is 5.82 Å². The third-order valence-electron chi connectivity index (χ3n) is 4.98. The number of hydrogen-bond acceptors (Lipinski definition) is 5. The Hall–Kier alpha value is -1.47. The first kappa shape index (κ1) is 16.4. The minimum absolute atomic E-state index is 0.0235. The summed E-state index contributed by atoms with van der Waals surface area (Å²) in [5, 5.41) is 7.74. The maximum atomic E-state index is 12.9. The van der Waals surface area contributed by atoms with E-state index in [4.69, 9.17) is 0 Å². The second kappa shape index (κ2) is 6.57. The molecule has 128 valence electrons. The molecule has 1 fully saturated rings. The normalized spacial score (nSPS) is 30.5. The van der Waals surface area contributed by atoms with Crippen molar-refractivity contribution in [2.24, 2.45) is 11.8 Å². The van der Waals surface area contributed by atoms with Crippen LogP contribution in [0.25, 0.3) is 0 Å². The minimum Gasteiger partial charge on any atom is -0.346 e. The van der Waals surface area contributed by atoms with Crippen LogP contribution < -0.4 is 16.2 Å². The van der Waals surface area contributed by atoms with Crippen molar-refractivity contribution in [3.8, 4) is 0 Å². The highest BCUT2D eigenvalue weighted by molar-refractivity contribution is 5.81. The van der Waals surface area contributed by atoms with Crippen molar-refractivity contribution in [3.05, 3.63) is 11.6 Å². The predicted octanol–water partition coefficient (Wildman–Crippen LogP) is 0.929. The molecular weight excluding hydrogens is 292 g/mol. The second-order valence-electron chi connectivity index (χ2n) is 7.04. The van der Waals surface area contributed by atoms with Gasteiger partial charge in [0.05, 0.1) is 12.0 Å². The van der Waals surface area contributed by atoms with E-state index < -0.39 is 0 Å². The second-order valence-corrected chi connectivity index (χ2v) is 7.04. The fraction of sp³-hybridized carbons (Fsp3) is 0.812. The zero-order valence-corrected chi connectivity index (χ0v) is 14.5. The van der Waals surface area contributed by atoms with Crippen molar-refractivity contribution in [1.29, 1.82) is 0 Å². The van der Waals surface area contributed by atoms with Gasteiger partial charge in [-0.3, -0.25) is 15.6 Å². The standard InChI is InChI=1S/C16H28N6O/c1-5-12-18-15-11(7-6-8-22(15)21-12)17-16(23)13-10(4)19-20-14(13)9(2)3/h9-11,13-14,19-20H,5-8H2,1-4H3,(H,17,23). The first-order valence-electron chi connectivity index (χ1n) is 8.76. The smallest absolute Gasteiger partial charge is 0.226 e. The molecular formula is C16H28N6O. The van der Waals surface area contributed by atoms with Gasteiger partial charge in [-0.05, 0) is 25.7 Å². The van der Waals surface area contributed by atoms with Gasteiger partial charge in [-0.15, -0.1) is 0 Å². The molecule has 0 spiro atoms. The molecule has 0 bridgehead atoms. The highest BCUT2D eigenvalue weighted by Gasteiger charge is 2.41. The van der Waals surface area contributed by atoms with Crippen LogP contribution in [0.5, 0.6) is 0 Å². The summed E-state index contributed by atoms with van der Waals surface area (Å²) in [6, 6.07) is 0.248. The maximum Gasteiger partial charge on any atom is 0.226 e. The Kier molecular flexibility index (Phi) is 4.68. The Morgan fingerprint density at radius 1 is 1.43 bits per heavy atom. The van der Waals surface area contributed by atoms with Crippen LogP contribution >= 0.6 is 0 Å². The van der Waals surface area contributed by atoms with Gasteiger partial charge in [0, 0.05) is 25.0 Å². The SMILES string of the molecule is CCc1nc2n(n1)CCCC2NC(=O)C1C(C)NNC1C(C)C. The monoisotopic (exact) mass is 320 g/mol. The van der Waals surface area contributed by atoms with Gasteiger partial charge < -0.3 is 5.32 Å². The number of nitrogens with zero attached hydrogens (tertiary/aromatic N) is 3. The summed E-state index contributed by atoms with van der Waals surface area (Å²) in [6.07, 6.45) is 2.78. The number of aromatic nitrogens is 3. The van der Waals surface area contributed by atoms with Gasteiger partial charge in [0.25, 0.3) is 0 Å². The van der Waals surface area contributed by atoms with Crippen LogP contribution in [-0.4, -0.2) is 32.8 Å². The van der Waals surface area contributed by atoms with E-state index >= 15 is 0 Å². The van der Waals surface area contributed by atoms with Gasteiger partial charge in [-0.25, -0.2) is 9.67 Å². The van der Waals surface area contributed by atoms with Crippen molar-refractivity contribution in [2.45, 2.75) is 71.6 Å². The van der Waals surface area contributed by atoms with Gasteiger partial charge in [0.2, 0.25) is 5.91 Å².